The number of halogens is 2. The molecule has 2 amide bonds. The van der Waals surface area contributed by atoms with Gasteiger partial charge in [-0.05, 0) is 29.5 Å². The molecule has 2 aromatic rings. The van der Waals surface area contributed by atoms with Crippen LogP contribution in [0, 0.1) is 0 Å². The summed E-state index contributed by atoms with van der Waals surface area (Å²) in [6, 6.07) is 9.36. The van der Waals surface area contributed by atoms with Gasteiger partial charge >= 0.3 is 0 Å². The van der Waals surface area contributed by atoms with Gasteiger partial charge < -0.3 is 15.5 Å². The van der Waals surface area contributed by atoms with Crippen LogP contribution in [0.25, 0.3) is 0 Å². The molecule has 2 heterocycles. The van der Waals surface area contributed by atoms with Crippen LogP contribution in [0.3, 0.4) is 0 Å². The smallest absolute Gasteiger partial charge is 0.253 e. The highest BCUT2D eigenvalue weighted by atomic mass is 35.5. The van der Waals surface area contributed by atoms with E-state index in [2.05, 4.69) is 34.4 Å². The Bertz CT molecular complexity index is 960. The number of rotatable bonds is 8. The Kier molecular flexibility index (Phi) is 7.28. The number of likely N-dealkylation sites (tertiary alicyclic amines) is 1. The number of nitrogens with one attached hydrogen (secondary N) is 2. The van der Waals surface area contributed by atoms with Crippen molar-refractivity contribution in [1.82, 2.24) is 15.2 Å². The van der Waals surface area contributed by atoms with E-state index in [0.717, 1.165) is 11.1 Å². The summed E-state index contributed by atoms with van der Waals surface area (Å²) in [5, 5.41) is 5.63. The van der Waals surface area contributed by atoms with Crippen molar-refractivity contribution in [2.24, 2.45) is 0 Å². The first-order valence-corrected chi connectivity index (χ1v) is 10.8. The third kappa shape index (κ3) is 4.72. The summed E-state index contributed by atoms with van der Waals surface area (Å²) < 4.78 is 12.7. The lowest BCUT2D eigenvalue weighted by Crippen LogP contribution is -2.65. The van der Waals surface area contributed by atoms with E-state index in [-0.39, 0.29) is 35.1 Å². The fraction of sp³-hybridized carbons (Fsp3) is 0.435. The van der Waals surface area contributed by atoms with Crippen molar-refractivity contribution in [3.63, 3.8) is 0 Å². The van der Waals surface area contributed by atoms with Crippen molar-refractivity contribution in [3.05, 3.63) is 58.4 Å². The third-order valence-electron chi connectivity index (χ3n) is 5.72. The Morgan fingerprint density at radius 3 is 2.65 bits per heavy atom. The first-order valence-electron chi connectivity index (χ1n) is 10.4. The number of benzene rings is 1. The Labute approximate surface area is 187 Å². The van der Waals surface area contributed by atoms with Gasteiger partial charge in [-0.15, -0.1) is 0 Å². The summed E-state index contributed by atoms with van der Waals surface area (Å²) in [6.45, 7) is 5.37. The SMILES string of the molecule is CNC(=O)c1cc(Cl)ncc1NC(=O)C1(c2ccccc2C(C)C)CN(CCCF)C1. The standard InChI is InChI=1S/C23H28ClFN4O2/c1-15(2)16-7-4-5-8-18(16)23(13-29(14-23)10-6-9-25)22(31)28-19-12-27-20(24)11-17(19)21(30)26-3/h4-5,7-8,11-12,15H,6,9-10,13-14H2,1-3H3,(H,26,30)(H,28,31). The van der Waals surface area contributed by atoms with Gasteiger partial charge in [-0.25, -0.2) is 4.98 Å². The number of carbonyl (C=O) groups is 2. The first-order chi connectivity index (χ1) is 14.8. The minimum absolute atomic E-state index is 0.164. The van der Waals surface area contributed by atoms with Gasteiger partial charge in [-0.3, -0.25) is 14.0 Å². The molecule has 8 heteroatoms. The van der Waals surface area contributed by atoms with Gasteiger partial charge in [0.1, 0.15) is 5.15 Å². The summed E-state index contributed by atoms with van der Waals surface area (Å²) in [6.07, 6.45) is 1.83. The highest BCUT2D eigenvalue weighted by molar-refractivity contribution is 6.30. The van der Waals surface area contributed by atoms with Crippen LogP contribution in [0.1, 0.15) is 47.7 Å². The van der Waals surface area contributed by atoms with E-state index in [0.29, 0.717) is 31.7 Å². The van der Waals surface area contributed by atoms with Crippen LogP contribution >= 0.6 is 11.6 Å². The lowest BCUT2D eigenvalue weighted by molar-refractivity contribution is -0.128. The van der Waals surface area contributed by atoms with Gasteiger partial charge in [0.05, 0.1) is 29.5 Å². The monoisotopic (exact) mass is 446 g/mol. The van der Waals surface area contributed by atoms with E-state index >= 15 is 0 Å². The van der Waals surface area contributed by atoms with Gasteiger partial charge in [0.15, 0.2) is 0 Å². The number of alkyl halides is 1. The summed E-state index contributed by atoms with van der Waals surface area (Å²) in [5.41, 5.74) is 1.82. The van der Waals surface area contributed by atoms with Crippen LogP contribution in [0.15, 0.2) is 36.5 Å². The van der Waals surface area contributed by atoms with Crippen molar-refractivity contribution in [1.29, 1.82) is 0 Å². The zero-order valence-electron chi connectivity index (χ0n) is 18.0. The largest absolute Gasteiger partial charge is 0.355 e. The molecular formula is C23H28ClFN4O2. The second kappa shape index (κ2) is 9.75. The molecule has 1 saturated heterocycles. The maximum absolute atomic E-state index is 13.7. The molecule has 1 aromatic heterocycles. The van der Waals surface area contributed by atoms with Crippen molar-refractivity contribution >= 4 is 29.1 Å². The Hall–Kier alpha value is -2.51. The number of carbonyl (C=O) groups excluding carboxylic acids is 2. The van der Waals surface area contributed by atoms with E-state index in [1.54, 1.807) is 0 Å². The third-order valence-corrected chi connectivity index (χ3v) is 5.93. The summed E-state index contributed by atoms with van der Waals surface area (Å²) in [7, 11) is 1.51. The summed E-state index contributed by atoms with van der Waals surface area (Å²) in [5.74, 6) is -0.347. The predicted molar refractivity (Wildman–Crippen MR) is 121 cm³/mol. The average Bonchev–Trinajstić information content (AvgIpc) is 2.73. The number of pyridine rings is 1. The van der Waals surface area contributed by atoms with Crippen molar-refractivity contribution in [2.45, 2.75) is 31.6 Å². The van der Waals surface area contributed by atoms with Crippen molar-refractivity contribution in [2.75, 3.05) is 38.7 Å². The van der Waals surface area contributed by atoms with Crippen LogP contribution in [-0.4, -0.2) is 55.1 Å². The molecule has 1 fully saturated rings. The summed E-state index contributed by atoms with van der Waals surface area (Å²) >= 11 is 5.96. The fourth-order valence-corrected chi connectivity index (χ4v) is 4.28. The number of nitrogens with zero attached hydrogens (tertiary/aromatic N) is 2. The molecule has 31 heavy (non-hydrogen) atoms. The Morgan fingerprint density at radius 1 is 1.29 bits per heavy atom. The van der Waals surface area contributed by atoms with E-state index in [9.17, 15) is 14.0 Å². The quantitative estimate of drug-likeness (QED) is 0.605. The molecule has 0 radical (unpaired) electrons. The lowest BCUT2D eigenvalue weighted by Gasteiger charge is -2.50. The van der Waals surface area contributed by atoms with Gasteiger partial charge in [0.25, 0.3) is 5.91 Å². The van der Waals surface area contributed by atoms with Gasteiger partial charge in [-0.1, -0.05) is 49.7 Å². The topological polar surface area (TPSA) is 74.3 Å². The molecule has 1 aliphatic heterocycles. The molecule has 166 valence electrons. The van der Waals surface area contributed by atoms with E-state index in [4.69, 9.17) is 11.6 Å². The van der Waals surface area contributed by atoms with Crippen LogP contribution in [-0.2, 0) is 10.2 Å². The maximum atomic E-state index is 13.7. The first kappa shape index (κ1) is 23.2. The molecule has 1 aromatic carbocycles. The number of aromatic nitrogens is 1. The Balaban J connectivity index is 1.97. The number of hydrogen-bond acceptors (Lipinski definition) is 4. The normalized spacial score (nSPS) is 15.4. The molecular weight excluding hydrogens is 419 g/mol. The van der Waals surface area contributed by atoms with Gasteiger partial charge in [0, 0.05) is 26.7 Å². The van der Waals surface area contributed by atoms with Gasteiger partial charge in [-0.2, -0.15) is 0 Å². The second-order valence-electron chi connectivity index (χ2n) is 8.16. The van der Waals surface area contributed by atoms with Gasteiger partial charge in [0.2, 0.25) is 5.91 Å². The zero-order chi connectivity index (χ0) is 22.6. The highest BCUT2D eigenvalue weighted by Crippen LogP contribution is 2.40. The molecule has 1 aliphatic rings. The number of hydrogen-bond donors (Lipinski definition) is 2. The molecule has 0 aliphatic carbocycles. The molecule has 0 saturated carbocycles. The molecule has 0 atom stereocenters. The molecule has 0 spiro atoms. The van der Waals surface area contributed by atoms with E-state index in [1.807, 2.05) is 24.3 Å². The van der Waals surface area contributed by atoms with Crippen molar-refractivity contribution < 1.29 is 14.0 Å². The highest BCUT2D eigenvalue weighted by Gasteiger charge is 2.51. The number of anilines is 1. The second-order valence-corrected chi connectivity index (χ2v) is 8.55. The minimum Gasteiger partial charge on any atom is -0.355 e. The molecule has 0 unspecified atom stereocenters. The average molecular weight is 447 g/mol. The minimum atomic E-state index is -0.795. The number of amides is 2. The zero-order valence-corrected chi connectivity index (χ0v) is 18.8. The summed E-state index contributed by atoms with van der Waals surface area (Å²) in [4.78, 5) is 32.1. The van der Waals surface area contributed by atoms with Crippen molar-refractivity contribution in [3.8, 4) is 0 Å². The van der Waals surface area contributed by atoms with Crippen LogP contribution in [0.4, 0.5) is 10.1 Å². The molecule has 0 bridgehead atoms. The van der Waals surface area contributed by atoms with E-state index < -0.39 is 5.41 Å². The Morgan fingerprint density at radius 2 is 2.00 bits per heavy atom. The van der Waals surface area contributed by atoms with Crippen LogP contribution in [0.2, 0.25) is 5.15 Å². The molecule has 2 N–H and O–H groups in total. The molecule has 3 rings (SSSR count). The van der Waals surface area contributed by atoms with Crippen LogP contribution in [0.5, 0.6) is 0 Å². The van der Waals surface area contributed by atoms with Crippen LogP contribution < -0.4 is 10.6 Å². The lowest BCUT2D eigenvalue weighted by atomic mass is 9.69. The molecule has 6 nitrogen and oxygen atoms in total. The predicted octanol–water partition coefficient (Wildman–Crippen LogP) is 3.77. The fourth-order valence-electron chi connectivity index (χ4n) is 4.13. The van der Waals surface area contributed by atoms with E-state index in [1.165, 1.54) is 19.3 Å². The maximum Gasteiger partial charge on any atom is 0.253 e.